The maximum Gasteiger partial charge on any atom is 0.420 e. The van der Waals surface area contributed by atoms with Crippen LogP contribution in [0.1, 0.15) is 5.56 Å². The summed E-state index contributed by atoms with van der Waals surface area (Å²) in [6, 6.07) is 13.1. The first kappa shape index (κ1) is 17.8. The molecule has 8 nitrogen and oxygen atoms in total. The van der Waals surface area contributed by atoms with Crippen LogP contribution in [0.5, 0.6) is 11.5 Å². The number of carbonyl (C=O) groups excluding carboxylic acids is 1. The van der Waals surface area contributed by atoms with Crippen molar-refractivity contribution in [3.63, 3.8) is 0 Å². The predicted octanol–water partition coefficient (Wildman–Crippen LogP) is 1.67. The number of hydrogen-bond donors (Lipinski definition) is 0. The number of aromatic nitrogens is 1. The molecule has 8 heteroatoms. The van der Waals surface area contributed by atoms with Gasteiger partial charge in [0.25, 0.3) is 0 Å². The van der Waals surface area contributed by atoms with Crippen LogP contribution in [0.2, 0.25) is 0 Å². The van der Waals surface area contributed by atoms with E-state index >= 15 is 0 Å². The molecule has 0 radical (unpaired) electrons. The lowest BCUT2D eigenvalue weighted by Crippen LogP contribution is -2.49. The quantitative estimate of drug-likeness (QED) is 0.669. The van der Waals surface area contributed by atoms with Crippen molar-refractivity contribution in [3.8, 4) is 11.5 Å². The van der Waals surface area contributed by atoms with Crippen LogP contribution in [0.25, 0.3) is 11.1 Å². The van der Waals surface area contributed by atoms with E-state index < -0.39 is 5.76 Å². The minimum atomic E-state index is -0.499. The van der Waals surface area contributed by atoms with Crippen molar-refractivity contribution in [2.75, 3.05) is 33.0 Å². The average molecular weight is 395 g/mol. The Morgan fingerprint density at radius 3 is 2.62 bits per heavy atom. The summed E-state index contributed by atoms with van der Waals surface area (Å²) < 4.78 is 17.4. The number of ether oxygens (including phenoxy) is 2. The minimum absolute atomic E-state index is 0.00198. The monoisotopic (exact) mass is 395 g/mol. The smallest absolute Gasteiger partial charge is 0.420 e. The lowest BCUT2D eigenvalue weighted by Gasteiger charge is -2.34. The van der Waals surface area contributed by atoms with Crippen LogP contribution in [0.15, 0.2) is 51.7 Å². The van der Waals surface area contributed by atoms with E-state index in [1.54, 1.807) is 18.2 Å². The normalized spacial score (nSPS) is 16.5. The van der Waals surface area contributed by atoms with Gasteiger partial charge in [-0.2, -0.15) is 0 Å². The van der Waals surface area contributed by atoms with Gasteiger partial charge in [-0.15, -0.1) is 0 Å². The Labute approximate surface area is 166 Å². The molecule has 0 bridgehead atoms. The average Bonchev–Trinajstić information content (AvgIpc) is 3.32. The Morgan fingerprint density at radius 2 is 1.76 bits per heavy atom. The SMILES string of the molecule is O=C(Cn1c(=O)oc2ccccc21)N1CCN(Cc2ccc3c(c2)OCO3)CC1. The van der Waals surface area contributed by atoms with Crippen LogP contribution in [0.3, 0.4) is 0 Å². The second-order valence-corrected chi connectivity index (χ2v) is 7.27. The summed E-state index contributed by atoms with van der Waals surface area (Å²) in [6.07, 6.45) is 0. The van der Waals surface area contributed by atoms with Crippen LogP contribution < -0.4 is 15.2 Å². The van der Waals surface area contributed by atoms with Gasteiger partial charge in [0, 0.05) is 32.7 Å². The van der Waals surface area contributed by atoms with Crippen molar-refractivity contribution >= 4 is 17.0 Å². The summed E-state index contributed by atoms with van der Waals surface area (Å²) in [5, 5.41) is 0. The molecule has 0 spiro atoms. The van der Waals surface area contributed by atoms with E-state index in [1.165, 1.54) is 4.57 Å². The Balaban J connectivity index is 1.20. The Morgan fingerprint density at radius 1 is 0.966 bits per heavy atom. The topological polar surface area (TPSA) is 77.2 Å². The number of nitrogens with zero attached hydrogens (tertiary/aromatic N) is 3. The van der Waals surface area contributed by atoms with Crippen LogP contribution in [-0.2, 0) is 17.9 Å². The van der Waals surface area contributed by atoms with Gasteiger partial charge in [0.2, 0.25) is 12.7 Å². The molecular formula is C21H21N3O5. The Bertz CT molecular complexity index is 1110. The number of para-hydroxylation sites is 2. The molecule has 150 valence electrons. The van der Waals surface area contributed by atoms with Crippen molar-refractivity contribution in [1.82, 2.24) is 14.4 Å². The van der Waals surface area contributed by atoms with Gasteiger partial charge in [-0.25, -0.2) is 4.79 Å². The van der Waals surface area contributed by atoms with Gasteiger partial charge in [0.15, 0.2) is 17.1 Å². The maximum atomic E-state index is 12.7. The molecule has 1 amide bonds. The number of amides is 1. The number of fused-ring (bicyclic) bond motifs is 2. The Kier molecular flexibility index (Phi) is 4.48. The first-order chi connectivity index (χ1) is 14.2. The van der Waals surface area contributed by atoms with Crippen LogP contribution >= 0.6 is 0 Å². The van der Waals surface area contributed by atoms with Gasteiger partial charge in [0.1, 0.15) is 6.54 Å². The van der Waals surface area contributed by atoms with Crippen LogP contribution in [0.4, 0.5) is 0 Å². The highest BCUT2D eigenvalue weighted by Crippen LogP contribution is 2.32. The van der Waals surface area contributed by atoms with Gasteiger partial charge in [-0.1, -0.05) is 18.2 Å². The highest BCUT2D eigenvalue weighted by atomic mass is 16.7. The van der Waals surface area contributed by atoms with Gasteiger partial charge in [-0.3, -0.25) is 14.3 Å². The van der Waals surface area contributed by atoms with Crippen LogP contribution in [-0.4, -0.2) is 53.2 Å². The minimum Gasteiger partial charge on any atom is -0.454 e. The van der Waals surface area contributed by atoms with E-state index in [2.05, 4.69) is 4.90 Å². The third-order valence-electron chi connectivity index (χ3n) is 5.44. The van der Waals surface area contributed by atoms with Gasteiger partial charge >= 0.3 is 5.76 Å². The second-order valence-electron chi connectivity index (χ2n) is 7.27. The van der Waals surface area contributed by atoms with E-state index in [1.807, 2.05) is 29.2 Å². The number of rotatable bonds is 4. The standard InChI is InChI=1S/C21H21N3O5/c25-20(13-24-16-3-1-2-4-17(16)29-21(24)26)23-9-7-22(8-10-23)12-15-5-6-18-19(11-15)28-14-27-18/h1-6,11H,7-10,12-14H2. The molecular weight excluding hydrogens is 374 g/mol. The molecule has 0 N–H and O–H groups in total. The largest absolute Gasteiger partial charge is 0.454 e. The highest BCUT2D eigenvalue weighted by Gasteiger charge is 2.23. The molecule has 29 heavy (non-hydrogen) atoms. The summed E-state index contributed by atoms with van der Waals surface area (Å²) in [5.41, 5.74) is 2.30. The zero-order chi connectivity index (χ0) is 19.8. The molecule has 2 aliphatic rings. The van der Waals surface area contributed by atoms with Crippen molar-refractivity contribution < 1.29 is 18.7 Å². The number of benzene rings is 2. The lowest BCUT2D eigenvalue weighted by atomic mass is 10.1. The van der Waals surface area contributed by atoms with E-state index in [0.29, 0.717) is 24.2 Å². The third-order valence-corrected chi connectivity index (χ3v) is 5.44. The third kappa shape index (κ3) is 3.47. The van der Waals surface area contributed by atoms with Gasteiger partial charge in [-0.05, 0) is 29.8 Å². The summed E-state index contributed by atoms with van der Waals surface area (Å²) >= 11 is 0. The first-order valence-electron chi connectivity index (χ1n) is 9.64. The molecule has 3 aromatic rings. The highest BCUT2D eigenvalue weighted by molar-refractivity contribution is 5.79. The van der Waals surface area contributed by atoms with Gasteiger partial charge in [0.05, 0.1) is 5.52 Å². The molecule has 2 aromatic carbocycles. The van der Waals surface area contributed by atoms with E-state index in [9.17, 15) is 9.59 Å². The van der Waals surface area contributed by atoms with Gasteiger partial charge < -0.3 is 18.8 Å². The zero-order valence-corrected chi connectivity index (χ0v) is 15.9. The lowest BCUT2D eigenvalue weighted by molar-refractivity contribution is -0.133. The van der Waals surface area contributed by atoms with E-state index in [4.69, 9.17) is 13.9 Å². The Hall–Kier alpha value is -3.26. The molecule has 1 saturated heterocycles. The predicted molar refractivity (Wildman–Crippen MR) is 105 cm³/mol. The van der Waals surface area contributed by atoms with E-state index in [-0.39, 0.29) is 19.2 Å². The zero-order valence-electron chi connectivity index (χ0n) is 15.9. The first-order valence-corrected chi connectivity index (χ1v) is 9.64. The molecule has 5 rings (SSSR count). The van der Waals surface area contributed by atoms with Crippen molar-refractivity contribution in [2.24, 2.45) is 0 Å². The number of hydrogen-bond acceptors (Lipinski definition) is 6. The fourth-order valence-electron chi connectivity index (χ4n) is 3.85. The molecule has 1 aromatic heterocycles. The molecule has 0 aliphatic carbocycles. The maximum absolute atomic E-state index is 12.7. The van der Waals surface area contributed by atoms with Crippen molar-refractivity contribution in [1.29, 1.82) is 0 Å². The second kappa shape index (κ2) is 7.29. The summed E-state index contributed by atoms with van der Waals surface area (Å²) in [6.45, 7) is 3.89. The van der Waals surface area contributed by atoms with E-state index in [0.717, 1.165) is 36.7 Å². The van der Waals surface area contributed by atoms with Crippen molar-refractivity contribution in [3.05, 3.63) is 58.6 Å². The number of carbonyl (C=O) groups is 1. The molecule has 0 saturated carbocycles. The summed E-state index contributed by atoms with van der Waals surface area (Å²) in [5.74, 6) is 1.00. The van der Waals surface area contributed by atoms with Crippen molar-refractivity contribution in [2.45, 2.75) is 13.1 Å². The molecule has 2 aliphatic heterocycles. The van der Waals surface area contributed by atoms with Crippen LogP contribution in [0, 0.1) is 0 Å². The number of oxazole rings is 1. The summed E-state index contributed by atoms with van der Waals surface area (Å²) in [7, 11) is 0. The molecule has 0 atom stereocenters. The molecule has 0 unspecified atom stereocenters. The fraction of sp³-hybridized carbons (Fsp3) is 0.333. The summed E-state index contributed by atoms with van der Waals surface area (Å²) in [4.78, 5) is 28.9. The molecule has 3 heterocycles. The number of piperazine rings is 1. The fourth-order valence-corrected chi connectivity index (χ4v) is 3.85. The molecule has 1 fully saturated rings.